The number of halogens is 5. The number of allylic oxidation sites excluding steroid dienone is 1. The standard InChI is InChI=1S/C17H19F5O/c1-2-3-12-4-10-15(11-5-12)23-17(21,22)14-8-6-13(7-9-14)16(18,19)20/h2-5,10-11,13-14H,6-9H2,1H3/b3-2+. The largest absolute Gasteiger partial charge is 0.432 e. The molecule has 0 unspecified atom stereocenters. The molecule has 0 aromatic heterocycles. The van der Waals surface area contributed by atoms with Crippen molar-refractivity contribution in [1.82, 2.24) is 0 Å². The first-order valence-electron chi connectivity index (χ1n) is 7.58. The Bertz CT molecular complexity index is 525. The van der Waals surface area contributed by atoms with Gasteiger partial charge in [-0.3, -0.25) is 0 Å². The van der Waals surface area contributed by atoms with E-state index in [1.807, 2.05) is 19.1 Å². The first-order chi connectivity index (χ1) is 10.7. The third-order valence-corrected chi connectivity index (χ3v) is 4.16. The summed E-state index contributed by atoms with van der Waals surface area (Å²) in [7, 11) is 0. The van der Waals surface area contributed by atoms with E-state index in [0.717, 1.165) is 5.56 Å². The molecule has 0 atom stereocenters. The van der Waals surface area contributed by atoms with Crippen LogP contribution in [0.4, 0.5) is 22.0 Å². The second-order valence-electron chi connectivity index (χ2n) is 5.82. The van der Waals surface area contributed by atoms with E-state index in [2.05, 4.69) is 0 Å². The third kappa shape index (κ3) is 4.69. The van der Waals surface area contributed by atoms with Crippen molar-refractivity contribution >= 4 is 6.08 Å². The topological polar surface area (TPSA) is 9.23 Å². The Balaban J connectivity index is 1.96. The predicted octanol–water partition coefficient (Wildman–Crippen LogP) is 6.06. The van der Waals surface area contributed by atoms with E-state index in [4.69, 9.17) is 4.74 Å². The van der Waals surface area contributed by atoms with Gasteiger partial charge in [-0.25, -0.2) is 0 Å². The summed E-state index contributed by atoms with van der Waals surface area (Å²) in [6, 6.07) is 6.16. The van der Waals surface area contributed by atoms with Crippen LogP contribution in [0.5, 0.6) is 5.75 Å². The van der Waals surface area contributed by atoms with E-state index in [-0.39, 0.29) is 31.4 Å². The van der Waals surface area contributed by atoms with Crippen molar-refractivity contribution < 1.29 is 26.7 Å². The molecule has 0 bridgehead atoms. The van der Waals surface area contributed by atoms with Gasteiger partial charge in [0.05, 0.1) is 11.8 Å². The maximum Gasteiger partial charge on any atom is 0.400 e. The van der Waals surface area contributed by atoms with Crippen molar-refractivity contribution in [2.75, 3.05) is 0 Å². The summed E-state index contributed by atoms with van der Waals surface area (Å²) in [6.45, 7) is 1.84. The van der Waals surface area contributed by atoms with Crippen LogP contribution in [0, 0.1) is 11.8 Å². The summed E-state index contributed by atoms with van der Waals surface area (Å²) < 4.78 is 70.8. The van der Waals surface area contributed by atoms with Gasteiger partial charge in [-0.15, -0.1) is 0 Å². The number of alkyl halides is 5. The maximum atomic E-state index is 14.1. The highest BCUT2D eigenvalue weighted by Crippen LogP contribution is 2.44. The van der Waals surface area contributed by atoms with Gasteiger partial charge in [-0.05, 0) is 50.3 Å². The summed E-state index contributed by atoms with van der Waals surface area (Å²) in [5, 5.41) is 0. The van der Waals surface area contributed by atoms with Gasteiger partial charge in [0, 0.05) is 0 Å². The minimum absolute atomic E-state index is 0.0150. The lowest BCUT2D eigenvalue weighted by Crippen LogP contribution is -2.39. The Morgan fingerprint density at radius 1 is 0.913 bits per heavy atom. The van der Waals surface area contributed by atoms with Crippen LogP contribution in [0.2, 0.25) is 0 Å². The minimum Gasteiger partial charge on any atom is -0.432 e. The quantitative estimate of drug-likeness (QED) is 0.608. The summed E-state index contributed by atoms with van der Waals surface area (Å²) >= 11 is 0. The molecule has 6 heteroatoms. The molecule has 0 amide bonds. The molecular weight excluding hydrogens is 315 g/mol. The van der Waals surface area contributed by atoms with Crippen LogP contribution in [0.15, 0.2) is 30.3 Å². The highest BCUT2D eigenvalue weighted by molar-refractivity contribution is 5.50. The summed E-state index contributed by atoms with van der Waals surface area (Å²) in [5.41, 5.74) is 0.855. The van der Waals surface area contributed by atoms with Crippen LogP contribution in [-0.2, 0) is 0 Å². The zero-order chi connectivity index (χ0) is 17.1. The van der Waals surface area contributed by atoms with E-state index in [1.54, 1.807) is 12.1 Å². The van der Waals surface area contributed by atoms with E-state index < -0.39 is 24.1 Å². The minimum atomic E-state index is -4.30. The predicted molar refractivity (Wildman–Crippen MR) is 78.2 cm³/mol. The van der Waals surface area contributed by atoms with Gasteiger partial charge >= 0.3 is 12.3 Å². The van der Waals surface area contributed by atoms with Crippen LogP contribution in [0.3, 0.4) is 0 Å². The molecule has 1 aliphatic carbocycles. The Kier molecular flexibility index (Phi) is 5.32. The molecule has 0 saturated heterocycles. The van der Waals surface area contributed by atoms with Gasteiger partial charge in [0.2, 0.25) is 0 Å². The van der Waals surface area contributed by atoms with Crippen molar-refractivity contribution in [3.05, 3.63) is 35.9 Å². The van der Waals surface area contributed by atoms with Gasteiger partial charge in [0.25, 0.3) is 0 Å². The Morgan fingerprint density at radius 2 is 1.43 bits per heavy atom. The van der Waals surface area contributed by atoms with Crippen LogP contribution in [0.1, 0.15) is 38.2 Å². The average molecular weight is 334 g/mol. The van der Waals surface area contributed by atoms with Gasteiger partial charge in [0.15, 0.2) is 0 Å². The summed E-state index contributed by atoms with van der Waals surface area (Å²) in [5.74, 6) is -2.65. The molecule has 0 heterocycles. The number of hydrogen-bond acceptors (Lipinski definition) is 1. The molecular formula is C17H19F5O. The van der Waals surface area contributed by atoms with Gasteiger partial charge in [0.1, 0.15) is 5.75 Å². The second kappa shape index (κ2) is 6.89. The van der Waals surface area contributed by atoms with Crippen molar-refractivity contribution in [3.63, 3.8) is 0 Å². The summed E-state index contributed by atoms with van der Waals surface area (Å²) in [4.78, 5) is 0. The summed E-state index contributed by atoms with van der Waals surface area (Å²) in [6.07, 6.45) is -5.03. The fourth-order valence-electron chi connectivity index (χ4n) is 2.84. The normalized spacial score (nSPS) is 23.2. The number of ether oxygens (including phenoxy) is 1. The molecule has 1 saturated carbocycles. The maximum absolute atomic E-state index is 14.1. The van der Waals surface area contributed by atoms with Crippen LogP contribution < -0.4 is 4.74 Å². The number of rotatable bonds is 4. The Morgan fingerprint density at radius 3 is 1.91 bits per heavy atom. The SMILES string of the molecule is C/C=C/c1ccc(OC(F)(F)C2CCC(C(F)(F)F)CC2)cc1. The second-order valence-corrected chi connectivity index (χ2v) is 5.82. The zero-order valence-electron chi connectivity index (χ0n) is 12.7. The lowest BCUT2D eigenvalue weighted by atomic mass is 9.81. The lowest BCUT2D eigenvalue weighted by Gasteiger charge is -2.33. The van der Waals surface area contributed by atoms with E-state index in [9.17, 15) is 22.0 Å². The molecule has 1 fully saturated rings. The first kappa shape index (κ1) is 17.8. The highest BCUT2D eigenvalue weighted by atomic mass is 19.4. The number of hydrogen-bond donors (Lipinski definition) is 0. The Labute approximate surface area is 132 Å². The molecule has 0 radical (unpaired) electrons. The van der Waals surface area contributed by atoms with Crippen molar-refractivity contribution in [2.45, 2.75) is 44.9 Å². The average Bonchev–Trinajstić information content (AvgIpc) is 2.48. The highest BCUT2D eigenvalue weighted by Gasteiger charge is 2.48. The Hall–Kier alpha value is -1.59. The van der Waals surface area contributed by atoms with E-state index in [0.29, 0.717) is 0 Å². The smallest absolute Gasteiger partial charge is 0.400 e. The lowest BCUT2D eigenvalue weighted by molar-refractivity contribution is -0.237. The van der Waals surface area contributed by atoms with Crippen LogP contribution in [0.25, 0.3) is 6.08 Å². The van der Waals surface area contributed by atoms with Gasteiger partial charge in [-0.2, -0.15) is 22.0 Å². The zero-order valence-corrected chi connectivity index (χ0v) is 12.7. The van der Waals surface area contributed by atoms with Gasteiger partial charge in [-0.1, -0.05) is 24.3 Å². The molecule has 0 aliphatic heterocycles. The fraction of sp³-hybridized carbons (Fsp3) is 0.529. The first-order valence-corrected chi connectivity index (χ1v) is 7.58. The van der Waals surface area contributed by atoms with Gasteiger partial charge < -0.3 is 4.74 Å². The molecule has 1 aromatic rings. The molecule has 0 spiro atoms. The van der Waals surface area contributed by atoms with E-state index in [1.165, 1.54) is 12.1 Å². The molecule has 1 aliphatic rings. The molecule has 1 aromatic carbocycles. The van der Waals surface area contributed by atoms with Crippen molar-refractivity contribution in [2.24, 2.45) is 11.8 Å². The molecule has 0 N–H and O–H groups in total. The van der Waals surface area contributed by atoms with Crippen LogP contribution >= 0.6 is 0 Å². The monoisotopic (exact) mass is 334 g/mol. The van der Waals surface area contributed by atoms with Crippen LogP contribution in [-0.4, -0.2) is 12.3 Å². The third-order valence-electron chi connectivity index (χ3n) is 4.16. The van der Waals surface area contributed by atoms with E-state index >= 15 is 0 Å². The molecule has 1 nitrogen and oxygen atoms in total. The van der Waals surface area contributed by atoms with Crippen molar-refractivity contribution in [3.8, 4) is 5.75 Å². The molecule has 2 rings (SSSR count). The van der Waals surface area contributed by atoms with Crippen molar-refractivity contribution in [1.29, 1.82) is 0 Å². The number of benzene rings is 1. The molecule has 128 valence electrons. The fourth-order valence-corrected chi connectivity index (χ4v) is 2.84. The molecule has 23 heavy (non-hydrogen) atoms.